The summed E-state index contributed by atoms with van der Waals surface area (Å²) >= 11 is 0. The van der Waals surface area contributed by atoms with E-state index in [1.807, 2.05) is 22.9 Å². The number of anilines is 1. The molecule has 1 saturated heterocycles. The van der Waals surface area contributed by atoms with E-state index in [2.05, 4.69) is 14.9 Å². The van der Waals surface area contributed by atoms with Gasteiger partial charge in [0.2, 0.25) is 0 Å². The lowest BCUT2D eigenvalue weighted by Crippen LogP contribution is -2.35. The second-order valence-electron chi connectivity index (χ2n) is 7.64. The normalized spacial score (nSPS) is 28.9. The van der Waals surface area contributed by atoms with Gasteiger partial charge in [0.1, 0.15) is 5.82 Å². The second-order valence-corrected chi connectivity index (χ2v) is 9.78. The van der Waals surface area contributed by atoms with Gasteiger partial charge in [-0.25, -0.2) is 18.4 Å². The smallest absolute Gasteiger partial charge is 0.151 e. The number of rotatable bonds is 4. The van der Waals surface area contributed by atoms with Gasteiger partial charge in [0.05, 0.1) is 24.2 Å². The maximum absolute atomic E-state index is 11.4. The van der Waals surface area contributed by atoms with E-state index in [9.17, 15) is 13.5 Å². The fraction of sp³-hybridized carbons (Fsp3) is 0.556. The van der Waals surface area contributed by atoms with E-state index in [1.54, 1.807) is 18.7 Å². The summed E-state index contributed by atoms with van der Waals surface area (Å²) in [6.07, 6.45) is 9.71. The van der Waals surface area contributed by atoms with Gasteiger partial charge in [-0.2, -0.15) is 0 Å². The lowest BCUT2D eigenvalue weighted by Gasteiger charge is -2.35. The Morgan fingerprint density at radius 2 is 2.00 bits per heavy atom. The molecule has 2 aliphatic rings. The Kier molecular flexibility index (Phi) is 4.48. The Bertz CT molecular complexity index is 851. The van der Waals surface area contributed by atoms with Crippen LogP contribution in [0, 0.1) is 11.8 Å². The van der Waals surface area contributed by atoms with Crippen LogP contribution in [0.25, 0.3) is 0 Å². The van der Waals surface area contributed by atoms with Crippen LogP contribution < -0.4 is 4.90 Å². The molecule has 2 aromatic heterocycles. The minimum absolute atomic E-state index is 0.0182. The molecule has 1 N–H and O–H groups in total. The highest BCUT2D eigenvalue weighted by Crippen LogP contribution is 2.42. The summed E-state index contributed by atoms with van der Waals surface area (Å²) in [6, 6.07) is 3.83. The van der Waals surface area contributed by atoms with E-state index < -0.39 is 9.84 Å². The van der Waals surface area contributed by atoms with E-state index in [-0.39, 0.29) is 17.9 Å². The number of aromatic nitrogens is 3. The van der Waals surface area contributed by atoms with Crippen LogP contribution in [0.4, 0.5) is 5.82 Å². The average Bonchev–Trinajstić information content (AvgIpc) is 3.22. The zero-order valence-corrected chi connectivity index (χ0v) is 15.6. The molecule has 140 valence electrons. The first-order valence-electron chi connectivity index (χ1n) is 8.92. The van der Waals surface area contributed by atoms with Crippen LogP contribution in [-0.2, 0) is 15.6 Å². The number of hydrogen-bond acceptors (Lipinski definition) is 6. The number of sulfone groups is 1. The van der Waals surface area contributed by atoms with Gasteiger partial charge in [-0.15, -0.1) is 0 Å². The van der Waals surface area contributed by atoms with E-state index in [1.165, 1.54) is 6.26 Å². The van der Waals surface area contributed by atoms with Gasteiger partial charge in [-0.05, 0) is 36.3 Å². The van der Waals surface area contributed by atoms with E-state index in [0.717, 1.165) is 31.7 Å². The molecule has 1 saturated carbocycles. The SMILES string of the molecule is CS(=O)(=O)Cc1ccc(N2C[C@H]3C[C@@H](n4ccnc4)[C@H](O)C[C@H]3C2)nc1. The van der Waals surface area contributed by atoms with Crippen LogP contribution in [0.15, 0.2) is 37.1 Å². The van der Waals surface area contributed by atoms with E-state index in [0.29, 0.717) is 17.4 Å². The molecule has 3 heterocycles. The largest absolute Gasteiger partial charge is 0.391 e. The molecule has 0 amide bonds. The summed E-state index contributed by atoms with van der Waals surface area (Å²) in [7, 11) is -3.05. The minimum atomic E-state index is -3.05. The first kappa shape index (κ1) is 17.5. The van der Waals surface area contributed by atoms with Crippen molar-refractivity contribution in [2.75, 3.05) is 24.2 Å². The minimum Gasteiger partial charge on any atom is -0.391 e. The molecule has 0 radical (unpaired) electrons. The third-order valence-corrected chi connectivity index (χ3v) is 6.44. The summed E-state index contributed by atoms with van der Waals surface area (Å²) in [5, 5.41) is 10.5. The second kappa shape index (κ2) is 6.66. The summed E-state index contributed by atoms with van der Waals surface area (Å²) in [4.78, 5) is 10.8. The van der Waals surface area contributed by atoms with Crippen molar-refractivity contribution in [3.8, 4) is 0 Å². The highest BCUT2D eigenvalue weighted by molar-refractivity contribution is 7.89. The van der Waals surface area contributed by atoms with Crippen molar-refractivity contribution in [1.29, 1.82) is 0 Å². The number of hydrogen-bond donors (Lipinski definition) is 1. The third-order valence-electron chi connectivity index (χ3n) is 5.58. The standard InChI is InChI=1S/C18H24N4O3S/c1-26(24,25)11-13-2-3-18(20-8-13)22-9-14-6-16(21-5-4-19-12-21)17(23)7-15(14)10-22/h2-5,8,12,14-17,23H,6-7,9-11H2,1H3/t14-,15+,16-,17-/m1/s1. The molecule has 26 heavy (non-hydrogen) atoms. The molecular weight excluding hydrogens is 352 g/mol. The maximum atomic E-state index is 11.4. The highest BCUT2D eigenvalue weighted by atomic mass is 32.2. The molecule has 1 aliphatic heterocycles. The van der Waals surface area contributed by atoms with E-state index >= 15 is 0 Å². The first-order valence-corrected chi connectivity index (χ1v) is 11.0. The number of imidazole rings is 1. The van der Waals surface area contributed by atoms with Crippen molar-refractivity contribution in [3.05, 3.63) is 42.6 Å². The molecule has 2 fully saturated rings. The van der Waals surface area contributed by atoms with Crippen molar-refractivity contribution in [3.63, 3.8) is 0 Å². The number of fused-ring (bicyclic) bond motifs is 1. The Labute approximate surface area is 153 Å². The van der Waals surface area contributed by atoms with Gasteiger partial charge in [-0.3, -0.25) is 0 Å². The molecule has 0 aromatic carbocycles. The Balaban J connectivity index is 1.45. The molecule has 0 unspecified atom stereocenters. The number of pyridine rings is 1. The quantitative estimate of drug-likeness (QED) is 0.865. The zero-order chi connectivity index (χ0) is 18.3. The van der Waals surface area contributed by atoms with Crippen molar-refractivity contribution < 1.29 is 13.5 Å². The van der Waals surface area contributed by atoms with E-state index in [4.69, 9.17) is 0 Å². The lowest BCUT2D eigenvalue weighted by atomic mass is 9.77. The Hall–Kier alpha value is -1.93. The van der Waals surface area contributed by atoms with Crippen LogP contribution in [0.1, 0.15) is 24.4 Å². The highest BCUT2D eigenvalue weighted by Gasteiger charge is 2.42. The third kappa shape index (κ3) is 3.61. The fourth-order valence-electron chi connectivity index (χ4n) is 4.37. The summed E-state index contributed by atoms with van der Waals surface area (Å²) < 4.78 is 24.8. The van der Waals surface area contributed by atoms with Crippen molar-refractivity contribution in [1.82, 2.24) is 14.5 Å². The molecule has 0 bridgehead atoms. The number of aliphatic hydroxyl groups is 1. The number of aliphatic hydroxyl groups excluding tert-OH is 1. The molecule has 2 aromatic rings. The van der Waals surface area contributed by atoms with Gasteiger partial charge in [0.15, 0.2) is 9.84 Å². The van der Waals surface area contributed by atoms with Gasteiger partial charge >= 0.3 is 0 Å². The molecule has 1 aliphatic carbocycles. The van der Waals surface area contributed by atoms with Crippen LogP contribution in [0.3, 0.4) is 0 Å². The van der Waals surface area contributed by atoms with Crippen molar-refractivity contribution in [2.45, 2.75) is 30.7 Å². The number of nitrogens with zero attached hydrogens (tertiary/aromatic N) is 4. The Morgan fingerprint density at radius 1 is 1.23 bits per heavy atom. The average molecular weight is 376 g/mol. The summed E-state index contributed by atoms with van der Waals surface area (Å²) in [5.74, 6) is 1.88. The van der Waals surface area contributed by atoms with Gasteiger partial charge in [0, 0.05) is 37.9 Å². The predicted molar refractivity (Wildman–Crippen MR) is 98.5 cm³/mol. The van der Waals surface area contributed by atoms with Crippen LogP contribution in [0.5, 0.6) is 0 Å². The van der Waals surface area contributed by atoms with Crippen molar-refractivity contribution >= 4 is 15.7 Å². The van der Waals surface area contributed by atoms with Gasteiger partial charge in [0.25, 0.3) is 0 Å². The summed E-state index contributed by atoms with van der Waals surface area (Å²) in [6.45, 7) is 1.80. The zero-order valence-electron chi connectivity index (χ0n) is 14.8. The Morgan fingerprint density at radius 3 is 2.62 bits per heavy atom. The molecule has 0 spiro atoms. The lowest BCUT2D eigenvalue weighted by molar-refractivity contribution is 0.0358. The van der Waals surface area contributed by atoms with Crippen LogP contribution in [-0.4, -0.2) is 53.5 Å². The molecule has 7 nitrogen and oxygen atoms in total. The molecule has 8 heteroatoms. The predicted octanol–water partition coefficient (Wildman–Crippen LogP) is 1.27. The first-order chi connectivity index (χ1) is 12.4. The van der Waals surface area contributed by atoms with Crippen LogP contribution >= 0.6 is 0 Å². The monoisotopic (exact) mass is 376 g/mol. The maximum Gasteiger partial charge on any atom is 0.151 e. The van der Waals surface area contributed by atoms with Gasteiger partial charge < -0.3 is 14.6 Å². The summed E-state index contributed by atoms with van der Waals surface area (Å²) in [5.41, 5.74) is 0.712. The fourth-order valence-corrected chi connectivity index (χ4v) is 5.15. The van der Waals surface area contributed by atoms with Gasteiger partial charge in [-0.1, -0.05) is 6.07 Å². The van der Waals surface area contributed by atoms with Crippen molar-refractivity contribution in [2.24, 2.45) is 11.8 Å². The molecular formula is C18H24N4O3S. The topological polar surface area (TPSA) is 88.3 Å². The molecule has 4 atom stereocenters. The molecule has 4 rings (SSSR count). The van der Waals surface area contributed by atoms with Crippen LogP contribution in [0.2, 0.25) is 0 Å².